The molecule has 6 heteroatoms. The van der Waals surface area contributed by atoms with Crippen LogP contribution in [-0.4, -0.2) is 23.0 Å². The number of hydrogen-bond acceptors (Lipinski definition) is 2. The second-order valence-electron chi connectivity index (χ2n) is 5.07. The Morgan fingerprint density at radius 3 is 2.60 bits per heavy atom. The lowest BCUT2D eigenvalue weighted by Gasteiger charge is -2.14. The molecule has 0 spiro atoms. The molecule has 0 aromatic heterocycles. The number of aryl methyl sites for hydroxylation is 1. The lowest BCUT2D eigenvalue weighted by Crippen LogP contribution is -2.34. The molecule has 1 aromatic carbocycles. The Morgan fingerprint density at radius 1 is 1.30 bits per heavy atom. The van der Waals surface area contributed by atoms with Gasteiger partial charge in [0.15, 0.2) is 0 Å². The van der Waals surface area contributed by atoms with Crippen LogP contribution >= 0.6 is 0 Å². The molecular weight excluding hydrogens is 268 g/mol. The first-order chi connectivity index (χ1) is 9.40. The van der Waals surface area contributed by atoms with Gasteiger partial charge in [-0.25, -0.2) is 8.78 Å². The predicted octanol–water partition coefficient (Wildman–Crippen LogP) is 2.26. The van der Waals surface area contributed by atoms with E-state index in [0.717, 1.165) is 6.07 Å². The summed E-state index contributed by atoms with van der Waals surface area (Å²) in [5.41, 5.74) is -0.421. The number of amides is 1. The summed E-state index contributed by atoms with van der Waals surface area (Å²) in [6.45, 7) is 1.45. The number of carboxylic acids is 1. The number of nitrogens with one attached hydrogen (secondary N) is 1. The molecule has 1 aliphatic carbocycles. The Balaban J connectivity index is 2.10. The molecule has 1 aliphatic rings. The predicted molar refractivity (Wildman–Crippen MR) is 67.3 cm³/mol. The van der Waals surface area contributed by atoms with Crippen molar-refractivity contribution in [2.75, 3.05) is 0 Å². The van der Waals surface area contributed by atoms with Gasteiger partial charge in [-0.3, -0.25) is 9.59 Å². The second kappa shape index (κ2) is 5.56. The minimum atomic E-state index is -0.918. The average Bonchev–Trinajstić information content (AvgIpc) is 2.83. The molecule has 2 rings (SSSR count). The van der Waals surface area contributed by atoms with Crippen molar-refractivity contribution in [3.8, 4) is 0 Å². The molecule has 2 unspecified atom stereocenters. The molecule has 2 N–H and O–H groups in total. The van der Waals surface area contributed by atoms with Gasteiger partial charge >= 0.3 is 5.97 Å². The highest BCUT2D eigenvalue weighted by atomic mass is 19.1. The van der Waals surface area contributed by atoms with E-state index >= 15 is 0 Å². The first-order valence-corrected chi connectivity index (χ1v) is 6.38. The van der Waals surface area contributed by atoms with Crippen molar-refractivity contribution in [2.24, 2.45) is 5.92 Å². The number of benzene rings is 1. The summed E-state index contributed by atoms with van der Waals surface area (Å²) in [6, 6.07) is 1.95. The number of carbonyl (C=O) groups excluding carboxylic acids is 1. The summed E-state index contributed by atoms with van der Waals surface area (Å²) in [4.78, 5) is 22.8. The number of aliphatic carboxylic acids is 1. The standard InChI is InChI=1S/C14H15F2NO3/c1-7-2-5-10(15)11(12(7)16)13(18)17-9-4-3-8(6-9)14(19)20/h2,5,8-9H,3-4,6H2,1H3,(H,17,18)(H,19,20). The van der Waals surface area contributed by atoms with Crippen LogP contribution in [0.25, 0.3) is 0 Å². The van der Waals surface area contributed by atoms with Crippen LogP contribution in [0.3, 0.4) is 0 Å². The molecule has 0 aliphatic heterocycles. The van der Waals surface area contributed by atoms with E-state index in [2.05, 4.69) is 5.32 Å². The fraction of sp³-hybridized carbons (Fsp3) is 0.429. The third-order valence-corrected chi connectivity index (χ3v) is 3.63. The number of hydrogen-bond donors (Lipinski definition) is 2. The highest BCUT2D eigenvalue weighted by molar-refractivity contribution is 5.95. The molecule has 1 amide bonds. The van der Waals surface area contributed by atoms with Crippen LogP contribution in [0, 0.1) is 24.5 Å². The van der Waals surface area contributed by atoms with Crippen LogP contribution < -0.4 is 5.32 Å². The van der Waals surface area contributed by atoms with Crippen molar-refractivity contribution in [1.82, 2.24) is 5.32 Å². The van der Waals surface area contributed by atoms with Gasteiger partial charge in [-0.15, -0.1) is 0 Å². The van der Waals surface area contributed by atoms with Crippen LogP contribution in [0.4, 0.5) is 8.78 Å². The van der Waals surface area contributed by atoms with E-state index in [4.69, 9.17) is 5.11 Å². The highest BCUT2D eigenvalue weighted by Crippen LogP contribution is 2.26. The van der Waals surface area contributed by atoms with E-state index in [0.29, 0.717) is 12.8 Å². The Bertz CT molecular complexity index is 560. The maximum absolute atomic E-state index is 13.8. The normalized spacial score (nSPS) is 21.8. The maximum atomic E-state index is 13.8. The third-order valence-electron chi connectivity index (χ3n) is 3.63. The number of halogens is 2. The largest absolute Gasteiger partial charge is 0.481 e. The van der Waals surface area contributed by atoms with Gasteiger partial charge in [-0.2, -0.15) is 0 Å². The van der Waals surface area contributed by atoms with Gasteiger partial charge in [0.25, 0.3) is 5.91 Å². The molecular formula is C14H15F2NO3. The molecule has 2 atom stereocenters. The summed E-state index contributed by atoms with van der Waals surface area (Å²) in [5.74, 6) is -4.05. The van der Waals surface area contributed by atoms with Crippen LogP contribution in [-0.2, 0) is 4.79 Å². The average molecular weight is 283 g/mol. The first-order valence-electron chi connectivity index (χ1n) is 6.38. The van der Waals surface area contributed by atoms with Crippen LogP contribution in [0.2, 0.25) is 0 Å². The lowest BCUT2D eigenvalue weighted by molar-refractivity contribution is -0.141. The molecule has 108 valence electrons. The molecule has 4 nitrogen and oxygen atoms in total. The highest BCUT2D eigenvalue weighted by Gasteiger charge is 2.31. The summed E-state index contributed by atoms with van der Waals surface area (Å²) in [7, 11) is 0. The Hall–Kier alpha value is -1.98. The Labute approximate surface area is 114 Å². The zero-order valence-corrected chi connectivity index (χ0v) is 11.0. The van der Waals surface area contributed by atoms with Gasteiger partial charge in [0.05, 0.1) is 5.92 Å². The Kier molecular flexibility index (Phi) is 4.01. The van der Waals surface area contributed by atoms with Gasteiger partial charge in [0.2, 0.25) is 0 Å². The number of rotatable bonds is 3. The molecule has 1 fully saturated rings. The first kappa shape index (κ1) is 14.4. The number of carbonyl (C=O) groups is 2. The monoisotopic (exact) mass is 283 g/mol. The van der Waals surface area contributed by atoms with Crippen molar-refractivity contribution in [1.29, 1.82) is 0 Å². The topological polar surface area (TPSA) is 66.4 Å². The second-order valence-corrected chi connectivity index (χ2v) is 5.07. The Morgan fingerprint density at radius 2 is 2.00 bits per heavy atom. The van der Waals surface area contributed by atoms with Gasteiger partial charge < -0.3 is 10.4 Å². The van der Waals surface area contributed by atoms with Crippen LogP contribution in [0.15, 0.2) is 12.1 Å². The van der Waals surface area contributed by atoms with E-state index in [-0.39, 0.29) is 18.0 Å². The minimum Gasteiger partial charge on any atom is -0.481 e. The molecule has 0 saturated heterocycles. The zero-order chi connectivity index (χ0) is 14.9. The fourth-order valence-electron chi connectivity index (χ4n) is 2.46. The van der Waals surface area contributed by atoms with E-state index in [1.54, 1.807) is 0 Å². The molecule has 20 heavy (non-hydrogen) atoms. The van der Waals surface area contributed by atoms with E-state index in [1.807, 2.05) is 0 Å². The van der Waals surface area contributed by atoms with Gasteiger partial charge in [-0.05, 0) is 37.8 Å². The SMILES string of the molecule is Cc1ccc(F)c(C(=O)NC2CCC(C(=O)O)C2)c1F. The van der Waals surface area contributed by atoms with E-state index in [1.165, 1.54) is 13.0 Å². The van der Waals surface area contributed by atoms with Gasteiger partial charge in [0, 0.05) is 6.04 Å². The van der Waals surface area contributed by atoms with Crippen molar-refractivity contribution < 1.29 is 23.5 Å². The summed E-state index contributed by atoms with van der Waals surface area (Å²) in [5, 5.41) is 11.4. The minimum absolute atomic E-state index is 0.186. The van der Waals surface area contributed by atoms with Crippen molar-refractivity contribution >= 4 is 11.9 Å². The summed E-state index contributed by atoms with van der Waals surface area (Å²) in [6.07, 6.45) is 1.24. The summed E-state index contributed by atoms with van der Waals surface area (Å²) >= 11 is 0. The fourth-order valence-corrected chi connectivity index (χ4v) is 2.46. The molecule has 1 aromatic rings. The van der Waals surface area contributed by atoms with Gasteiger partial charge in [-0.1, -0.05) is 6.07 Å². The number of carboxylic acid groups (broad SMARTS) is 1. The van der Waals surface area contributed by atoms with E-state index in [9.17, 15) is 18.4 Å². The molecule has 0 heterocycles. The zero-order valence-electron chi connectivity index (χ0n) is 11.0. The van der Waals surface area contributed by atoms with Crippen LogP contribution in [0.5, 0.6) is 0 Å². The lowest BCUT2D eigenvalue weighted by atomic mass is 10.1. The van der Waals surface area contributed by atoms with Crippen molar-refractivity contribution in [3.05, 3.63) is 34.9 Å². The molecule has 1 saturated carbocycles. The van der Waals surface area contributed by atoms with Crippen LogP contribution in [0.1, 0.15) is 35.2 Å². The smallest absolute Gasteiger partial charge is 0.306 e. The molecule has 0 radical (unpaired) electrons. The third kappa shape index (κ3) is 2.79. The molecule has 0 bridgehead atoms. The van der Waals surface area contributed by atoms with Crippen molar-refractivity contribution in [3.63, 3.8) is 0 Å². The quantitative estimate of drug-likeness (QED) is 0.894. The summed E-state index contributed by atoms with van der Waals surface area (Å²) < 4.78 is 27.4. The van der Waals surface area contributed by atoms with Gasteiger partial charge in [0.1, 0.15) is 17.2 Å². The maximum Gasteiger partial charge on any atom is 0.306 e. The van der Waals surface area contributed by atoms with Crippen molar-refractivity contribution in [2.45, 2.75) is 32.2 Å². The van der Waals surface area contributed by atoms with E-state index < -0.39 is 35.0 Å².